The molecule has 0 unspecified atom stereocenters. The first-order valence-electron chi connectivity index (χ1n) is 6.29. The number of nitrogen functional groups attached to an aromatic ring is 1. The quantitative estimate of drug-likeness (QED) is 0.581. The predicted molar refractivity (Wildman–Crippen MR) is 78.4 cm³/mol. The molecule has 0 aliphatic carbocycles. The van der Waals surface area contributed by atoms with Crippen LogP contribution in [0.5, 0.6) is 0 Å². The summed E-state index contributed by atoms with van der Waals surface area (Å²) >= 11 is 0. The Kier molecular flexibility index (Phi) is 4.13. The third kappa shape index (κ3) is 2.68. The third-order valence-corrected chi connectivity index (χ3v) is 2.95. The van der Waals surface area contributed by atoms with E-state index in [1.807, 2.05) is 32.0 Å². The van der Waals surface area contributed by atoms with Crippen molar-refractivity contribution in [1.82, 2.24) is 9.97 Å². The van der Waals surface area contributed by atoms with Gasteiger partial charge in [0.25, 0.3) is 0 Å². The molecule has 0 saturated heterocycles. The number of anilines is 3. The van der Waals surface area contributed by atoms with Gasteiger partial charge >= 0.3 is 0 Å². The average Bonchev–Trinajstić information content (AvgIpc) is 2.49. The highest BCUT2D eigenvalue weighted by Gasteiger charge is 2.11. The number of aromatic nitrogens is 2. The third-order valence-electron chi connectivity index (χ3n) is 2.95. The fraction of sp³-hybridized carbons (Fsp3) is 0.214. The lowest BCUT2D eigenvalue weighted by Crippen LogP contribution is -2.14. The minimum Gasteiger partial charge on any atom is -0.339 e. The molecule has 0 fully saturated rings. The molecule has 0 spiro atoms. The highest BCUT2D eigenvalue weighted by Crippen LogP contribution is 2.25. The number of nitriles is 1. The lowest BCUT2D eigenvalue weighted by atomic mass is 10.2. The highest BCUT2D eigenvalue weighted by molar-refractivity contribution is 5.68. The van der Waals surface area contributed by atoms with Crippen LogP contribution in [-0.4, -0.2) is 9.97 Å². The summed E-state index contributed by atoms with van der Waals surface area (Å²) in [6, 6.07) is 9.42. The van der Waals surface area contributed by atoms with E-state index in [1.54, 1.807) is 6.07 Å². The lowest BCUT2D eigenvalue weighted by molar-refractivity contribution is 0.932. The summed E-state index contributed by atoms with van der Waals surface area (Å²) in [7, 11) is 0. The number of aryl methyl sites for hydroxylation is 1. The Morgan fingerprint density at radius 2 is 1.95 bits per heavy atom. The predicted octanol–water partition coefficient (Wildman–Crippen LogP) is 2.25. The van der Waals surface area contributed by atoms with Crippen molar-refractivity contribution in [2.24, 2.45) is 5.84 Å². The fourth-order valence-corrected chi connectivity index (χ4v) is 1.80. The number of benzene rings is 1. The minimum absolute atomic E-state index is 0.561. The van der Waals surface area contributed by atoms with Crippen LogP contribution >= 0.6 is 0 Å². The van der Waals surface area contributed by atoms with Gasteiger partial charge < -0.3 is 10.7 Å². The van der Waals surface area contributed by atoms with Crippen LogP contribution in [-0.2, 0) is 6.42 Å². The lowest BCUT2D eigenvalue weighted by Gasteiger charge is -2.13. The fourth-order valence-electron chi connectivity index (χ4n) is 1.80. The molecule has 0 amide bonds. The molecule has 1 heterocycles. The zero-order valence-corrected chi connectivity index (χ0v) is 11.4. The Morgan fingerprint density at radius 1 is 1.25 bits per heavy atom. The second-order valence-electron chi connectivity index (χ2n) is 4.24. The van der Waals surface area contributed by atoms with E-state index < -0.39 is 0 Å². The van der Waals surface area contributed by atoms with Crippen LogP contribution in [0, 0.1) is 18.3 Å². The molecule has 6 nitrogen and oxygen atoms in total. The number of nitrogens with zero attached hydrogens (tertiary/aromatic N) is 3. The topological polar surface area (TPSA) is 99.6 Å². The Bertz CT molecular complexity index is 659. The number of para-hydroxylation sites is 1. The SMILES string of the molecule is CCc1nc(NN)c(C)c(Nc2ccccc2C#N)n1. The largest absolute Gasteiger partial charge is 0.339 e. The zero-order valence-electron chi connectivity index (χ0n) is 11.4. The number of nitrogens with one attached hydrogen (secondary N) is 2. The van der Waals surface area contributed by atoms with Crippen molar-refractivity contribution in [3.05, 3.63) is 41.2 Å². The van der Waals surface area contributed by atoms with Crippen molar-refractivity contribution >= 4 is 17.3 Å². The standard InChI is InChI=1S/C14H16N6/c1-3-12-18-13(9(2)14(19-12)20-16)17-11-7-5-4-6-10(11)8-15/h4-7H,3,16H2,1-2H3,(H2,17,18,19,20). The summed E-state index contributed by atoms with van der Waals surface area (Å²) in [5.41, 5.74) is 4.64. The molecule has 0 atom stereocenters. The molecule has 0 bridgehead atoms. The van der Waals surface area contributed by atoms with Gasteiger partial charge in [0.05, 0.1) is 11.3 Å². The zero-order chi connectivity index (χ0) is 14.5. The summed E-state index contributed by atoms with van der Waals surface area (Å²) in [5, 5.41) is 12.3. The van der Waals surface area contributed by atoms with Gasteiger partial charge in [0.15, 0.2) is 0 Å². The number of hydrogen-bond donors (Lipinski definition) is 3. The maximum absolute atomic E-state index is 9.11. The molecule has 1 aromatic heterocycles. The molecule has 6 heteroatoms. The van der Waals surface area contributed by atoms with Gasteiger partial charge in [-0.2, -0.15) is 5.26 Å². The van der Waals surface area contributed by atoms with E-state index in [4.69, 9.17) is 11.1 Å². The summed E-state index contributed by atoms with van der Waals surface area (Å²) in [5.74, 6) is 7.38. The molecule has 2 rings (SSSR count). The molecule has 102 valence electrons. The Morgan fingerprint density at radius 3 is 2.60 bits per heavy atom. The molecule has 0 radical (unpaired) electrons. The van der Waals surface area contributed by atoms with E-state index in [9.17, 15) is 0 Å². The first-order chi connectivity index (χ1) is 9.69. The molecule has 0 aliphatic rings. The number of nitrogens with two attached hydrogens (primary N) is 1. The smallest absolute Gasteiger partial charge is 0.148 e. The van der Waals surface area contributed by atoms with Gasteiger partial charge in [-0.3, -0.25) is 0 Å². The summed E-state index contributed by atoms with van der Waals surface area (Å²) < 4.78 is 0. The van der Waals surface area contributed by atoms with E-state index in [-0.39, 0.29) is 0 Å². The summed E-state index contributed by atoms with van der Waals surface area (Å²) in [4.78, 5) is 8.74. The van der Waals surface area contributed by atoms with Gasteiger partial charge in [0, 0.05) is 12.0 Å². The number of rotatable bonds is 4. The van der Waals surface area contributed by atoms with Crippen LogP contribution in [0.2, 0.25) is 0 Å². The molecule has 2 aromatic rings. The van der Waals surface area contributed by atoms with Gasteiger partial charge in [-0.25, -0.2) is 15.8 Å². The Labute approximate surface area is 117 Å². The van der Waals surface area contributed by atoms with Crippen molar-refractivity contribution in [2.75, 3.05) is 10.7 Å². The first kappa shape index (κ1) is 13.8. The van der Waals surface area contributed by atoms with Gasteiger partial charge in [0.1, 0.15) is 23.5 Å². The van der Waals surface area contributed by atoms with Crippen LogP contribution in [0.4, 0.5) is 17.3 Å². The van der Waals surface area contributed by atoms with E-state index >= 15 is 0 Å². The summed E-state index contributed by atoms with van der Waals surface area (Å²) in [6.45, 7) is 3.84. The number of hydrogen-bond acceptors (Lipinski definition) is 6. The van der Waals surface area contributed by atoms with Crippen molar-refractivity contribution in [3.8, 4) is 6.07 Å². The maximum Gasteiger partial charge on any atom is 0.148 e. The van der Waals surface area contributed by atoms with Gasteiger partial charge in [-0.1, -0.05) is 19.1 Å². The van der Waals surface area contributed by atoms with E-state index in [0.29, 0.717) is 35.1 Å². The maximum atomic E-state index is 9.11. The van der Waals surface area contributed by atoms with Gasteiger partial charge in [-0.15, -0.1) is 0 Å². The highest BCUT2D eigenvalue weighted by atomic mass is 15.3. The normalized spacial score (nSPS) is 9.90. The van der Waals surface area contributed by atoms with Crippen molar-refractivity contribution in [1.29, 1.82) is 5.26 Å². The molecular weight excluding hydrogens is 252 g/mol. The molecule has 4 N–H and O–H groups in total. The van der Waals surface area contributed by atoms with Crippen molar-refractivity contribution in [2.45, 2.75) is 20.3 Å². The van der Waals surface area contributed by atoms with Crippen LogP contribution in [0.1, 0.15) is 23.9 Å². The summed E-state index contributed by atoms with van der Waals surface area (Å²) in [6.07, 6.45) is 0.698. The molecular formula is C14H16N6. The monoisotopic (exact) mass is 268 g/mol. The van der Waals surface area contributed by atoms with Crippen molar-refractivity contribution < 1.29 is 0 Å². The molecule has 0 saturated carbocycles. The second kappa shape index (κ2) is 5.99. The molecule has 0 aliphatic heterocycles. The average molecular weight is 268 g/mol. The van der Waals surface area contributed by atoms with Crippen molar-refractivity contribution in [3.63, 3.8) is 0 Å². The van der Waals surface area contributed by atoms with Crippen LogP contribution in [0.25, 0.3) is 0 Å². The van der Waals surface area contributed by atoms with Crippen LogP contribution < -0.4 is 16.6 Å². The van der Waals surface area contributed by atoms with E-state index in [2.05, 4.69) is 26.8 Å². The minimum atomic E-state index is 0.561. The second-order valence-corrected chi connectivity index (χ2v) is 4.24. The van der Waals surface area contributed by atoms with Crippen LogP contribution in [0.3, 0.4) is 0 Å². The molecule has 1 aromatic carbocycles. The number of hydrazine groups is 1. The van der Waals surface area contributed by atoms with E-state index in [0.717, 1.165) is 5.56 Å². The molecule has 20 heavy (non-hydrogen) atoms. The van der Waals surface area contributed by atoms with E-state index in [1.165, 1.54) is 0 Å². The van der Waals surface area contributed by atoms with Gasteiger partial charge in [-0.05, 0) is 19.1 Å². The first-order valence-corrected chi connectivity index (χ1v) is 6.29. The Balaban J connectivity index is 2.45. The Hall–Kier alpha value is -2.65. The van der Waals surface area contributed by atoms with Gasteiger partial charge in [0.2, 0.25) is 0 Å². The van der Waals surface area contributed by atoms with Crippen LogP contribution in [0.15, 0.2) is 24.3 Å².